The van der Waals surface area contributed by atoms with Crippen molar-refractivity contribution in [2.45, 2.75) is 20.0 Å². The Kier molecular flexibility index (Phi) is 8.36. The van der Waals surface area contributed by atoms with Gasteiger partial charge in [0.1, 0.15) is 11.9 Å². The Morgan fingerprint density at radius 2 is 1.95 bits per heavy atom. The summed E-state index contributed by atoms with van der Waals surface area (Å²) in [7, 11) is 0. The topological polar surface area (TPSA) is 41.5 Å². The molecule has 22 heavy (non-hydrogen) atoms. The zero-order valence-corrected chi connectivity index (χ0v) is 13.9. The van der Waals surface area contributed by atoms with Crippen LogP contribution >= 0.6 is 12.6 Å². The number of thiol groups is 1. The van der Waals surface area contributed by atoms with Crippen molar-refractivity contribution in [3.63, 3.8) is 0 Å². The van der Waals surface area contributed by atoms with Crippen LogP contribution < -0.4 is 10.2 Å². The van der Waals surface area contributed by atoms with Crippen LogP contribution in [0.5, 0.6) is 5.75 Å². The highest BCUT2D eigenvalue weighted by Crippen LogP contribution is 2.27. The molecule has 0 spiro atoms. The first kappa shape index (κ1) is 18.3. The molecule has 118 valence electrons. The van der Waals surface area contributed by atoms with Gasteiger partial charge in [0.15, 0.2) is 0 Å². The summed E-state index contributed by atoms with van der Waals surface area (Å²) in [6.07, 6.45) is 3.47. The lowest BCUT2D eigenvalue weighted by Crippen LogP contribution is -2.12. The minimum Gasteiger partial charge on any atom is -0.485 e. The molecule has 0 aliphatic carbocycles. The number of benzene rings is 2. The third kappa shape index (κ3) is 5.56. The number of hydrogen-bond acceptors (Lipinski definition) is 4. The number of ether oxygens (including phenoxy) is 1. The van der Waals surface area contributed by atoms with Crippen molar-refractivity contribution in [3.05, 3.63) is 66.1 Å². The van der Waals surface area contributed by atoms with Crippen molar-refractivity contribution in [2.24, 2.45) is 0 Å². The highest BCUT2D eigenvalue weighted by Gasteiger charge is 2.08. The number of rotatable bonds is 5. The van der Waals surface area contributed by atoms with Crippen molar-refractivity contribution in [1.29, 1.82) is 0 Å². The predicted octanol–water partition coefficient (Wildman–Crippen LogP) is 4.59. The molecule has 0 amide bonds. The lowest BCUT2D eigenvalue weighted by molar-refractivity contribution is 0.173. The van der Waals surface area contributed by atoms with Crippen molar-refractivity contribution in [3.8, 4) is 5.75 Å². The average Bonchev–Trinajstić information content (AvgIpc) is 2.55. The second kappa shape index (κ2) is 10.1. The van der Waals surface area contributed by atoms with Gasteiger partial charge in [0.2, 0.25) is 0 Å². The molecular weight excluding hydrogens is 294 g/mol. The molecule has 1 unspecified atom stereocenters. The molecule has 2 aromatic carbocycles. The molecule has 0 radical (unpaired) electrons. The minimum atomic E-state index is -0.0860. The van der Waals surface area contributed by atoms with Gasteiger partial charge in [-0.3, -0.25) is 0 Å². The summed E-state index contributed by atoms with van der Waals surface area (Å²) in [5, 5.41) is 9.92. The van der Waals surface area contributed by atoms with E-state index in [0.717, 1.165) is 16.0 Å². The Morgan fingerprint density at radius 3 is 2.59 bits per heavy atom. The highest BCUT2D eigenvalue weighted by atomic mass is 32.1. The third-order valence-corrected chi connectivity index (χ3v) is 3.43. The molecule has 0 bridgehead atoms. The average molecular weight is 317 g/mol. The van der Waals surface area contributed by atoms with E-state index in [4.69, 9.17) is 9.94 Å². The van der Waals surface area contributed by atoms with Crippen molar-refractivity contribution in [2.75, 3.05) is 6.54 Å². The summed E-state index contributed by atoms with van der Waals surface area (Å²) in [6.45, 7) is 8.08. The second-order valence-corrected chi connectivity index (χ2v) is 5.09. The molecule has 0 aliphatic rings. The molecule has 2 rings (SSSR count). The third-order valence-electron chi connectivity index (χ3n) is 2.92. The summed E-state index contributed by atoms with van der Waals surface area (Å²) in [4.78, 5) is 0.859. The zero-order chi connectivity index (χ0) is 16.4. The van der Waals surface area contributed by atoms with Gasteiger partial charge in [-0.2, -0.15) is 0 Å². The Bertz CT molecular complexity index is 618. The molecule has 0 heterocycles. The second-order valence-electron chi connectivity index (χ2n) is 4.58. The molecule has 0 aromatic heterocycles. The van der Waals surface area contributed by atoms with Gasteiger partial charge >= 0.3 is 0 Å². The van der Waals surface area contributed by atoms with E-state index in [1.807, 2.05) is 49.7 Å². The van der Waals surface area contributed by atoms with Crippen LogP contribution in [0.1, 0.15) is 13.8 Å². The molecule has 0 saturated carbocycles. The molecule has 1 atom stereocenters. The maximum absolute atomic E-state index is 7.62. The molecule has 3 nitrogen and oxygen atoms in total. The van der Waals surface area contributed by atoms with E-state index in [1.54, 1.807) is 6.08 Å². The van der Waals surface area contributed by atoms with Crippen LogP contribution in [-0.4, -0.2) is 17.9 Å². The summed E-state index contributed by atoms with van der Waals surface area (Å²) in [5.41, 5.74) is 1.93. The summed E-state index contributed by atoms with van der Waals surface area (Å²) in [5.74, 6) is 0.879. The minimum absolute atomic E-state index is 0.0860. The van der Waals surface area contributed by atoms with E-state index in [-0.39, 0.29) is 6.10 Å². The van der Waals surface area contributed by atoms with Crippen LogP contribution in [0.15, 0.2) is 66.1 Å². The Labute approximate surface area is 137 Å². The number of hydrogen-bond donors (Lipinski definition) is 3. The summed E-state index contributed by atoms with van der Waals surface area (Å²) in [6, 6.07) is 14.2. The van der Waals surface area contributed by atoms with Crippen molar-refractivity contribution < 1.29 is 9.94 Å². The monoisotopic (exact) mass is 317 g/mol. The van der Waals surface area contributed by atoms with Gasteiger partial charge in [-0.25, -0.2) is 5.48 Å². The lowest BCUT2D eigenvalue weighted by Gasteiger charge is -2.16. The van der Waals surface area contributed by atoms with Gasteiger partial charge < -0.3 is 9.94 Å². The quantitative estimate of drug-likeness (QED) is 0.429. The zero-order valence-electron chi connectivity index (χ0n) is 13.0. The van der Waals surface area contributed by atoms with Crippen LogP contribution in [0.2, 0.25) is 0 Å². The van der Waals surface area contributed by atoms with Gasteiger partial charge in [-0.15, -0.1) is 12.6 Å². The van der Waals surface area contributed by atoms with Gasteiger partial charge in [-0.1, -0.05) is 56.0 Å². The Morgan fingerprint density at radius 1 is 1.32 bits per heavy atom. The van der Waals surface area contributed by atoms with Crippen LogP contribution in [0.25, 0.3) is 10.8 Å². The molecule has 0 fully saturated rings. The van der Waals surface area contributed by atoms with Crippen molar-refractivity contribution in [1.82, 2.24) is 5.48 Å². The fraction of sp³-hybridized carbons (Fsp3) is 0.222. The smallest absolute Gasteiger partial charge is 0.128 e. The van der Waals surface area contributed by atoms with Crippen LogP contribution in [0.3, 0.4) is 0 Å². The molecule has 2 N–H and O–H groups in total. The first-order chi connectivity index (χ1) is 10.6. The number of fused-ring (bicyclic) bond motifs is 1. The van der Waals surface area contributed by atoms with E-state index in [9.17, 15) is 0 Å². The van der Waals surface area contributed by atoms with E-state index >= 15 is 0 Å². The van der Waals surface area contributed by atoms with Crippen molar-refractivity contribution >= 4 is 23.4 Å². The fourth-order valence-corrected chi connectivity index (χ4v) is 1.96. The van der Waals surface area contributed by atoms with Gasteiger partial charge in [0.25, 0.3) is 0 Å². The van der Waals surface area contributed by atoms with E-state index in [1.165, 1.54) is 5.39 Å². The lowest BCUT2D eigenvalue weighted by atomic mass is 10.1. The number of allylic oxidation sites excluding steroid dienone is 2. The summed E-state index contributed by atoms with van der Waals surface area (Å²) >= 11 is 4.39. The fourth-order valence-electron chi connectivity index (χ4n) is 1.81. The SMILES string of the molecule is C=C/C=C(\S)C(C)Oc1cccc2ccccc12.CCNO. The van der Waals surface area contributed by atoms with Gasteiger partial charge in [0, 0.05) is 16.8 Å². The van der Waals surface area contributed by atoms with Gasteiger partial charge in [-0.05, 0) is 24.5 Å². The first-order valence-corrected chi connectivity index (χ1v) is 7.61. The molecular formula is C18H23NO2S. The highest BCUT2D eigenvalue weighted by molar-refractivity contribution is 7.84. The standard InChI is InChI=1S/C16H16OS.C2H7NO/c1-3-7-16(18)12(2)17-15-11-6-9-13-8-4-5-10-14(13)15;1-2-3-4/h3-12,18H,1H2,2H3;3-4H,2H2,1H3/b16-7-;. The molecule has 4 heteroatoms. The number of hydroxylamine groups is 1. The largest absolute Gasteiger partial charge is 0.485 e. The van der Waals surface area contributed by atoms with E-state index in [2.05, 4.69) is 37.4 Å². The van der Waals surface area contributed by atoms with E-state index < -0.39 is 0 Å². The van der Waals surface area contributed by atoms with E-state index in [0.29, 0.717) is 6.54 Å². The maximum atomic E-state index is 7.62. The van der Waals surface area contributed by atoms with Crippen LogP contribution in [-0.2, 0) is 0 Å². The summed E-state index contributed by atoms with van der Waals surface area (Å²) < 4.78 is 5.95. The first-order valence-electron chi connectivity index (χ1n) is 7.17. The molecule has 0 aliphatic heterocycles. The Balaban J connectivity index is 0.000000541. The molecule has 2 aromatic rings. The van der Waals surface area contributed by atoms with Crippen LogP contribution in [0.4, 0.5) is 0 Å². The normalized spacial score (nSPS) is 12.3. The van der Waals surface area contributed by atoms with Crippen LogP contribution in [0, 0.1) is 0 Å². The molecule has 0 saturated heterocycles. The predicted molar refractivity (Wildman–Crippen MR) is 96.8 cm³/mol. The van der Waals surface area contributed by atoms with Gasteiger partial charge in [0.05, 0.1) is 0 Å². The maximum Gasteiger partial charge on any atom is 0.128 e. The number of nitrogens with one attached hydrogen (secondary N) is 1. The Hall–Kier alpha value is -1.75.